The van der Waals surface area contributed by atoms with Gasteiger partial charge in [-0.3, -0.25) is 18.9 Å². The molecular weight excluding hydrogens is 572 g/mol. The molecule has 0 atom stereocenters. The Kier molecular flexibility index (Phi) is 9.76. The van der Waals surface area contributed by atoms with Gasteiger partial charge in [0.2, 0.25) is 11.7 Å². The molecule has 0 saturated carbocycles. The summed E-state index contributed by atoms with van der Waals surface area (Å²) in [5.74, 6) is -3.57. The number of benzene rings is 2. The Morgan fingerprint density at radius 3 is 2.33 bits per heavy atom. The smallest absolute Gasteiger partial charge is 0.409 e. The van der Waals surface area contributed by atoms with Gasteiger partial charge < -0.3 is 28.9 Å². The largest absolute Gasteiger partial charge is 0.489 e. The van der Waals surface area contributed by atoms with Gasteiger partial charge >= 0.3 is 17.9 Å². The number of nitrogens with one attached hydrogen (secondary N) is 2. The van der Waals surface area contributed by atoms with Crippen LogP contribution in [0.5, 0.6) is 11.6 Å². The van der Waals surface area contributed by atoms with E-state index in [0.717, 1.165) is 24.1 Å². The molecule has 2 aromatic carbocycles. The molecule has 2 amide bonds. The number of methoxy groups -OCH3 is 1. The third-order valence-electron chi connectivity index (χ3n) is 4.95. The molecule has 214 valence electrons. The van der Waals surface area contributed by atoms with E-state index in [1.807, 2.05) is 5.32 Å². The van der Waals surface area contributed by atoms with Gasteiger partial charge in [0.25, 0.3) is 11.8 Å². The van der Waals surface area contributed by atoms with Crippen LogP contribution in [0.4, 0.5) is 10.1 Å². The van der Waals surface area contributed by atoms with Crippen LogP contribution in [0, 0.1) is 12.7 Å². The van der Waals surface area contributed by atoms with E-state index in [1.165, 1.54) is 31.2 Å². The van der Waals surface area contributed by atoms with Crippen molar-refractivity contribution in [1.82, 2.24) is 20.2 Å². The number of aryl methyl sites for hydroxylation is 1. The minimum Gasteiger partial charge on any atom is -0.489 e. The van der Waals surface area contributed by atoms with Crippen molar-refractivity contribution in [2.45, 2.75) is 13.5 Å². The number of halogens is 1. The summed E-state index contributed by atoms with van der Waals surface area (Å²) in [5.41, 5.74) is 0.119. The van der Waals surface area contributed by atoms with Gasteiger partial charge in [-0.15, -0.1) is 0 Å². The molecule has 1 aromatic heterocycles. The summed E-state index contributed by atoms with van der Waals surface area (Å²) >= 11 is 0. The van der Waals surface area contributed by atoms with E-state index < -0.39 is 65.7 Å². The molecule has 40 heavy (non-hydrogen) atoms. The lowest BCUT2D eigenvalue weighted by molar-refractivity contribution is -0.121. The number of nitrogens with zero attached hydrogens (tertiary/aromatic N) is 3. The van der Waals surface area contributed by atoms with E-state index in [0.29, 0.717) is 5.56 Å². The zero-order chi connectivity index (χ0) is 29.5. The number of carbonyl (C=O) groups excluding carboxylic acids is 2. The number of anilines is 1. The van der Waals surface area contributed by atoms with Crippen LogP contribution in [0.2, 0.25) is 0 Å². The van der Waals surface area contributed by atoms with E-state index in [1.54, 1.807) is 18.2 Å². The molecule has 0 fully saturated rings. The first-order valence-corrected chi connectivity index (χ1v) is 14.5. The van der Waals surface area contributed by atoms with Gasteiger partial charge in [-0.2, -0.15) is 13.4 Å². The Balaban J connectivity index is 1.95. The maximum atomic E-state index is 13.6. The van der Waals surface area contributed by atoms with E-state index >= 15 is 0 Å². The summed E-state index contributed by atoms with van der Waals surface area (Å²) in [7, 11) is -7.98. The summed E-state index contributed by atoms with van der Waals surface area (Å²) < 4.78 is 62.3. The topological polar surface area (TPSA) is 197 Å². The van der Waals surface area contributed by atoms with Crippen molar-refractivity contribution in [2.24, 2.45) is 0 Å². The number of hydrogen-bond donors (Lipinski definition) is 4. The molecule has 4 N–H and O–H groups in total. The predicted molar refractivity (Wildman–Crippen MR) is 139 cm³/mol. The van der Waals surface area contributed by atoms with Crippen molar-refractivity contribution < 1.29 is 45.7 Å². The first-order chi connectivity index (χ1) is 18.8. The Morgan fingerprint density at radius 1 is 1.07 bits per heavy atom. The molecule has 0 saturated heterocycles. The van der Waals surface area contributed by atoms with Crippen molar-refractivity contribution in [2.75, 3.05) is 24.7 Å². The highest BCUT2D eigenvalue weighted by Crippen LogP contribution is 2.32. The lowest BCUT2D eigenvalue weighted by Gasteiger charge is -2.23. The number of carbonyl (C=O) groups is 2. The SMILES string of the molecule is COc1c(OS(=O)(=O)Nc2ccccc2)nc(C)nc1C(=O)N(CC(=O)NCP(=O)(O)O)Cc1ccc(F)cc1. The van der Waals surface area contributed by atoms with Crippen LogP contribution in [0.3, 0.4) is 0 Å². The summed E-state index contributed by atoms with van der Waals surface area (Å²) in [4.78, 5) is 53.1. The Morgan fingerprint density at radius 2 is 1.73 bits per heavy atom. The summed E-state index contributed by atoms with van der Waals surface area (Å²) in [6.45, 7) is 0.391. The van der Waals surface area contributed by atoms with E-state index in [2.05, 4.69) is 14.7 Å². The highest BCUT2D eigenvalue weighted by Gasteiger charge is 2.30. The van der Waals surface area contributed by atoms with Crippen LogP contribution in [0.15, 0.2) is 54.6 Å². The quantitative estimate of drug-likeness (QED) is 0.221. The lowest BCUT2D eigenvalue weighted by atomic mass is 10.2. The molecule has 0 unspecified atom stereocenters. The maximum absolute atomic E-state index is 13.6. The molecule has 0 aliphatic carbocycles. The first-order valence-electron chi connectivity index (χ1n) is 11.3. The lowest BCUT2D eigenvalue weighted by Crippen LogP contribution is -2.41. The van der Waals surface area contributed by atoms with Gasteiger partial charge in [-0.05, 0) is 36.8 Å². The number of aromatic nitrogens is 2. The van der Waals surface area contributed by atoms with E-state index in [4.69, 9.17) is 18.7 Å². The zero-order valence-corrected chi connectivity index (χ0v) is 22.9. The van der Waals surface area contributed by atoms with E-state index in [-0.39, 0.29) is 18.1 Å². The molecule has 0 radical (unpaired) electrons. The second kappa shape index (κ2) is 12.8. The van der Waals surface area contributed by atoms with Crippen LogP contribution in [0.25, 0.3) is 0 Å². The maximum Gasteiger partial charge on any atom is 0.409 e. The van der Waals surface area contributed by atoms with Crippen molar-refractivity contribution in [1.29, 1.82) is 0 Å². The predicted octanol–water partition coefficient (Wildman–Crippen LogP) is 1.56. The van der Waals surface area contributed by atoms with Crippen LogP contribution in [0.1, 0.15) is 21.9 Å². The van der Waals surface area contributed by atoms with Gasteiger partial charge in [0, 0.05) is 6.54 Å². The third-order valence-corrected chi connectivity index (χ3v) is 6.38. The highest BCUT2D eigenvalue weighted by atomic mass is 32.2. The van der Waals surface area contributed by atoms with Crippen LogP contribution >= 0.6 is 7.60 Å². The number of ether oxygens (including phenoxy) is 1. The fourth-order valence-electron chi connectivity index (χ4n) is 3.28. The summed E-state index contributed by atoms with van der Waals surface area (Å²) in [5, 5.41) is 2.03. The van der Waals surface area contributed by atoms with Crippen LogP contribution < -0.4 is 19.0 Å². The van der Waals surface area contributed by atoms with Crippen LogP contribution in [-0.4, -0.2) is 64.8 Å². The summed E-state index contributed by atoms with van der Waals surface area (Å²) in [6, 6.07) is 12.8. The number of amides is 2. The van der Waals surface area contributed by atoms with Crippen LogP contribution in [-0.2, 0) is 26.2 Å². The number of hydrogen-bond acceptors (Lipinski definition) is 9. The minimum absolute atomic E-state index is 0.0817. The van der Waals surface area contributed by atoms with Gasteiger partial charge in [0.1, 0.15) is 24.5 Å². The van der Waals surface area contributed by atoms with Crippen molar-refractivity contribution in [3.05, 3.63) is 77.5 Å². The molecule has 17 heteroatoms. The second-order valence-electron chi connectivity index (χ2n) is 8.17. The highest BCUT2D eigenvalue weighted by molar-refractivity contribution is 7.88. The monoisotopic (exact) mass is 597 g/mol. The molecule has 0 bridgehead atoms. The van der Waals surface area contributed by atoms with Crippen molar-refractivity contribution in [3.8, 4) is 11.6 Å². The molecule has 0 aliphatic heterocycles. The molecule has 14 nitrogen and oxygen atoms in total. The summed E-state index contributed by atoms with van der Waals surface area (Å²) in [6.07, 6.45) is -0.968. The Bertz CT molecular complexity index is 1520. The molecule has 3 rings (SSSR count). The van der Waals surface area contributed by atoms with Gasteiger partial charge in [-0.1, -0.05) is 30.3 Å². The van der Waals surface area contributed by atoms with Gasteiger partial charge in [-0.25, -0.2) is 9.37 Å². The van der Waals surface area contributed by atoms with Crippen molar-refractivity contribution >= 4 is 35.4 Å². The average Bonchev–Trinajstić information content (AvgIpc) is 2.87. The number of rotatable bonds is 12. The van der Waals surface area contributed by atoms with E-state index in [9.17, 15) is 27.0 Å². The average molecular weight is 598 g/mol. The normalized spacial score (nSPS) is 11.4. The Labute approximate surface area is 228 Å². The molecular formula is C23H25FN5O9PS. The molecule has 3 aromatic rings. The fraction of sp³-hybridized carbons (Fsp3) is 0.217. The Hall–Kier alpha value is -4.11. The zero-order valence-electron chi connectivity index (χ0n) is 21.1. The molecule has 1 heterocycles. The number of para-hydroxylation sites is 1. The van der Waals surface area contributed by atoms with Crippen molar-refractivity contribution in [3.63, 3.8) is 0 Å². The molecule has 0 aliphatic rings. The van der Waals surface area contributed by atoms with Gasteiger partial charge in [0.05, 0.1) is 12.8 Å². The van der Waals surface area contributed by atoms with Gasteiger partial charge in [0.15, 0.2) is 5.69 Å². The fourth-order valence-corrected chi connectivity index (χ4v) is 4.45. The minimum atomic E-state index is -4.59. The molecule has 0 spiro atoms. The standard InChI is InChI=1S/C23H25FN5O9PS/c1-15-26-20(21(37-2)22(27-15)38-40(35,36)28-18-6-4-3-5-7-18)23(31)29(12-16-8-10-17(24)11-9-16)13-19(30)25-14-39(32,33)34/h3-11,28H,12-14H2,1-2H3,(H,25,30)(H2,32,33,34). The second-order valence-corrected chi connectivity index (χ2v) is 11.1. The first kappa shape index (κ1) is 30.4. The third kappa shape index (κ3) is 8.98.